The highest BCUT2D eigenvalue weighted by molar-refractivity contribution is 14.0. The van der Waals surface area contributed by atoms with Crippen LogP contribution in [0.4, 0.5) is 0 Å². The van der Waals surface area contributed by atoms with Gasteiger partial charge in [-0.05, 0) is 44.9 Å². The molecule has 2 rings (SSSR count). The van der Waals surface area contributed by atoms with Gasteiger partial charge in [0.25, 0.3) is 0 Å². The third-order valence-corrected chi connectivity index (χ3v) is 4.18. The maximum Gasteiger partial charge on any atom is 0.191 e. The highest BCUT2D eigenvalue weighted by atomic mass is 127. The number of furan rings is 1. The third kappa shape index (κ3) is 11.6. The molecule has 0 unspecified atom stereocenters. The number of rotatable bonds is 12. The van der Waals surface area contributed by atoms with E-state index in [1.54, 1.807) is 6.26 Å². The van der Waals surface area contributed by atoms with Crippen LogP contribution in [-0.2, 0) is 16.1 Å². The molecule has 0 spiro atoms. The molecule has 1 aliphatic rings. The molecule has 27 heavy (non-hydrogen) atoms. The van der Waals surface area contributed by atoms with E-state index < -0.39 is 0 Å². The molecule has 0 atom stereocenters. The number of halogens is 1. The fourth-order valence-corrected chi connectivity index (χ4v) is 2.76. The molecule has 156 valence electrons. The molecule has 8 heteroatoms. The molecule has 1 saturated heterocycles. The molecule has 0 amide bonds. The smallest absolute Gasteiger partial charge is 0.191 e. The highest BCUT2D eigenvalue weighted by Gasteiger charge is 2.09. The fourth-order valence-electron chi connectivity index (χ4n) is 2.76. The number of morpholine rings is 1. The number of hydrogen-bond acceptors (Lipinski definition) is 5. The summed E-state index contributed by atoms with van der Waals surface area (Å²) in [6.07, 6.45) is 4.91. The van der Waals surface area contributed by atoms with Crippen LogP contribution in [0.2, 0.25) is 0 Å². The lowest BCUT2D eigenvalue weighted by molar-refractivity contribution is 0.0372. The van der Waals surface area contributed by atoms with Crippen molar-refractivity contribution in [2.75, 3.05) is 59.1 Å². The molecule has 0 aliphatic carbocycles. The molecule has 2 heterocycles. The van der Waals surface area contributed by atoms with Crippen LogP contribution >= 0.6 is 24.0 Å². The Morgan fingerprint density at radius 3 is 2.81 bits per heavy atom. The second kappa shape index (κ2) is 16.1. The maximum atomic E-state index is 5.57. The predicted molar refractivity (Wildman–Crippen MR) is 119 cm³/mol. The first-order valence-corrected chi connectivity index (χ1v) is 9.81. The Hall–Kier alpha value is -0.840. The predicted octanol–water partition coefficient (Wildman–Crippen LogP) is 2.47. The van der Waals surface area contributed by atoms with Crippen LogP contribution in [0.1, 0.15) is 31.9 Å². The van der Waals surface area contributed by atoms with Gasteiger partial charge in [0.1, 0.15) is 12.4 Å². The van der Waals surface area contributed by atoms with E-state index in [-0.39, 0.29) is 24.0 Å². The van der Waals surface area contributed by atoms with Gasteiger partial charge in [0.15, 0.2) is 5.96 Å². The Balaban J connectivity index is 0.00000364. The van der Waals surface area contributed by atoms with Gasteiger partial charge in [0, 0.05) is 39.3 Å². The Morgan fingerprint density at radius 1 is 1.22 bits per heavy atom. The van der Waals surface area contributed by atoms with Crippen molar-refractivity contribution in [2.45, 2.75) is 32.8 Å². The van der Waals surface area contributed by atoms with E-state index in [1.807, 2.05) is 12.1 Å². The first-order chi connectivity index (χ1) is 12.9. The van der Waals surface area contributed by atoms with Crippen molar-refractivity contribution in [1.82, 2.24) is 15.5 Å². The monoisotopic (exact) mass is 494 g/mol. The first kappa shape index (κ1) is 24.2. The largest absolute Gasteiger partial charge is 0.467 e. The van der Waals surface area contributed by atoms with Gasteiger partial charge in [0.05, 0.1) is 19.5 Å². The fraction of sp³-hybridized carbons (Fsp3) is 0.737. The standard InChI is InChI=1S/C19H34N4O3.HI/c1-2-20-19(21-8-3-4-10-23-11-15-24-16-12-23)22-9-6-13-25-17-18-7-5-14-26-18;/h5,7,14H,2-4,6,8-13,15-17H2,1H3,(H2,20,21,22);1H. The van der Waals surface area contributed by atoms with Crippen LogP contribution in [0, 0.1) is 0 Å². The summed E-state index contributed by atoms with van der Waals surface area (Å²) in [7, 11) is 0. The summed E-state index contributed by atoms with van der Waals surface area (Å²) in [4.78, 5) is 7.08. The summed E-state index contributed by atoms with van der Waals surface area (Å²) in [5.41, 5.74) is 0. The summed E-state index contributed by atoms with van der Waals surface area (Å²) in [5, 5.41) is 6.70. The molecular formula is C19H35IN4O3. The molecule has 1 aromatic rings. The minimum absolute atomic E-state index is 0. The molecule has 1 aromatic heterocycles. The minimum Gasteiger partial charge on any atom is -0.467 e. The molecule has 0 bridgehead atoms. The lowest BCUT2D eigenvalue weighted by Gasteiger charge is -2.26. The molecule has 7 nitrogen and oxygen atoms in total. The maximum absolute atomic E-state index is 5.57. The second-order valence-corrected chi connectivity index (χ2v) is 6.33. The average molecular weight is 494 g/mol. The normalized spacial score (nSPS) is 15.4. The molecule has 0 radical (unpaired) electrons. The highest BCUT2D eigenvalue weighted by Crippen LogP contribution is 2.02. The van der Waals surface area contributed by atoms with Crippen LogP contribution in [-0.4, -0.2) is 69.9 Å². The van der Waals surface area contributed by atoms with Gasteiger partial charge < -0.3 is 24.5 Å². The average Bonchev–Trinajstić information content (AvgIpc) is 3.18. The van der Waals surface area contributed by atoms with E-state index in [0.29, 0.717) is 13.2 Å². The first-order valence-electron chi connectivity index (χ1n) is 9.81. The van der Waals surface area contributed by atoms with Gasteiger partial charge in [0.2, 0.25) is 0 Å². The second-order valence-electron chi connectivity index (χ2n) is 6.33. The number of nitrogens with one attached hydrogen (secondary N) is 2. The van der Waals surface area contributed by atoms with Crippen molar-refractivity contribution >= 4 is 29.9 Å². The SMILES string of the molecule is CCNC(=NCCCOCc1ccco1)NCCCCN1CCOCC1.I. The summed E-state index contributed by atoms with van der Waals surface area (Å²) in [6, 6.07) is 3.79. The third-order valence-electron chi connectivity index (χ3n) is 4.18. The van der Waals surface area contributed by atoms with E-state index in [1.165, 1.54) is 6.42 Å². The van der Waals surface area contributed by atoms with E-state index >= 15 is 0 Å². The zero-order chi connectivity index (χ0) is 18.3. The number of ether oxygens (including phenoxy) is 2. The van der Waals surface area contributed by atoms with Gasteiger partial charge in [-0.25, -0.2) is 0 Å². The summed E-state index contributed by atoms with van der Waals surface area (Å²) in [5.74, 6) is 1.76. The van der Waals surface area contributed by atoms with Gasteiger partial charge in [-0.15, -0.1) is 24.0 Å². The van der Waals surface area contributed by atoms with Crippen LogP contribution in [0.15, 0.2) is 27.8 Å². The van der Waals surface area contributed by atoms with Crippen molar-refractivity contribution in [3.05, 3.63) is 24.2 Å². The Bertz CT molecular complexity index is 479. The van der Waals surface area contributed by atoms with E-state index in [0.717, 1.165) is 77.0 Å². The molecule has 1 aliphatic heterocycles. The molecular weight excluding hydrogens is 459 g/mol. The Morgan fingerprint density at radius 2 is 2.07 bits per heavy atom. The molecule has 1 fully saturated rings. The quantitative estimate of drug-likeness (QED) is 0.201. The van der Waals surface area contributed by atoms with Crippen molar-refractivity contribution < 1.29 is 13.9 Å². The number of unbranched alkanes of at least 4 members (excludes halogenated alkanes) is 1. The topological polar surface area (TPSA) is 71.3 Å². The van der Waals surface area contributed by atoms with E-state index in [4.69, 9.17) is 13.9 Å². The molecule has 2 N–H and O–H groups in total. The number of guanidine groups is 1. The minimum atomic E-state index is 0. The number of nitrogens with zero attached hydrogens (tertiary/aromatic N) is 2. The zero-order valence-electron chi connectivity index (χ0n) is 16.5. The summed E-state index contributed by atoms with van der Waals surface area (Å²) >= 11 is 0. The van der Waals surface area contributed by atoms with Gasteiger partial charge in [-0.3, -0.25) is 9.89 Å². The van der Waals surface area contributed by atoms with E-state index in [2.05, 4.69) is 27.4 Å². The van der Waals surface area contributed by atoms with Crippen LogP contribution < -0.4 is 10.6 Å². The van der Waals surface area contributed by atoms with Crippen molar-refractivity contribution in [2.24, 2.45) is 4.99 Å². The van der Waals surface area contributed by atoms with Gasteiger partial charge in [-0.1, -0.05) is 0 Å². The van der Waals surface area contributed by atoms with Gasteiger partial charge in [-0.2, -0.15) is 0 Å². The molecule has 0 aromatic carbocycles. The number of aliphatic imine (C=N–C) groups is 1. The van der Waals surface area contributed by atoms with Crippen molar-refractivity contribution in [3.8, 4) is 0 Å². The lowest BCUT2D eigenvalue weighted by atomic mass is 10.3. The zero-order valence-corrected chi connectivity index (χ0v) is 18.8. The van der Waals surface area contributed by atoms with Crippen LogP contribution in [0.3, 0.4) is 0 Å². The van der Waals surface area contributed by atoms with Crippen LogP contribution in [0.5, 0.6) is 0 Å². The van der Waals surface area contributed by atoms with Crippen LogP contribution in [0.25, 0.3) is 0 Å². The van der Waals surface area contributed by atoms with Crippen molar-refractivity contribution in [1.29, 1.82) is 0 Å². The number of hydrogen-bond donors (Lipinski definition) is 2. The lowest BCUT2D eigenvalue weighted by Crippen LogP contribution is -2.39. The molecule has 0 saturated carbocycles. The summed E-state index contributed by atoms with van der Waals surface area (Å²) in [6.45, 7) is 10.9. The van der Waals surface area contributed by atoms with Crippen molar-refractivity contribution in [3.63, 3.8) is 0 Å². The Kier molecular flexibility index (Phi) is 14.5. The van der Waals surface area contributed by atoms with Gasteiger partial charge >= 0.3 is 0 Å². The summed E-state index contributed by atoms with van der Waals surface area (Å²) < 4.78 is 16.2. The van der Waals surface area contributed by atoms with E-state index in [9.17, 15) is 0 Å². The Labute approximate surface area is 180 Å².